The Balaban J connectivity index is 1.21. The molecule has 3 fully saturated rings. The minimum Gasteiger partial charge on any atom is -0.495 e. The monoisotopic (exact) mass is 527 g/mol. The number of benzene rings is 2. The smallest absolute Gasteiger partial charge is 0.139 e. The highest BCUT2D eigenvalue weighted by molar-refractivity contribution is 6.32. The molecule has 0 amide bonds. The van der Waals surface area contributed by atoms with Crippen molar-refractivity contribution in [1.82, 2.24) is 9.80 Å². The van der Waals surface area contributed by atoms with Gasteiger partial charge in [0.15, 0.2) is 0 Å². The molecule has 7 heteroatoms. The molecule has 0 radical (unpaired) electrons. The summed E-state index contributed by atoms with van der Waals surface area (Å²) < 4.78 is 17.2. The number of rotatable bonds is 8. The zero-order chi connectivity index (χ0) is 25.8. The lowest BCUT2D eigenvalue weighted by atomic mass is 9.86. The maximum Gasteiger partial charge on any atom is 0.139 e. The van der Waals surface area contributed by atoms with Gasteiger partial charge in [-0.15, -0.1) is 0 Å². The zero-order valence-corrected chi connectivity index (χ0v) is 23.4. The number of morpholine rings is 1. The lowest BCUT2D eigenvalue weighted by Crippen LogP contribution is -2.56. The van der Waals surface area contributed by atoms with E-state index in [0.29, 0.717) is 17.1 Å². The van der Waals surface area contributed by atoms with E-state index in [-0.39, 0.29) is 0 Å². The van der Waals surface area contributed by atoms with Crippen LogP contribution in [-0.2, 0) is 4.74 Å². The quantitative estimate of drug-likeness (QED) is 0.423. The Labute approximate surface area is 227 Å². The van der Waals surface area contributed by atoms with E-state index in [2.05, 4.69) is 52.8 Å². The highest BCUT2D eigenvalue weighted by Gasteiger charge is 2.36. The van der Waals surface area contributed by atoms with E-state index >= 15 is 0 Å². The molecule has 0 aliphatic carbocycles. The predicted molar refractivity (Wildman–Crippen MR) is 151 cm³/mol. The Morgan fingerprint density at radius 1 is 0.973 bits per heavy atom. The SMILES string of the molecule is COc1cc(N2CCN3C(CCCC3c3ccc(OCCCN4CCOCC4)c(C)c3C)C2)ccc1Cl. The van der Waals surface area contributed by atoms with Crippen LogP contribution in [0.25, 0.3) is 0 Å². The van der Waals surface area contributed by atoms with Gasteiger partial charge in [0.1, 0.15) is 11.5 Å². The number of halogens is 1. The summed E-state index contributed by atoms with van der Waals surface area (Å²) >= 11 is 6.27. The number of piperidine rings is 1. The van der Waals surface area contributed by atoms with Gasteiger partial charge in [0.05, 0.1) is 32.0 Å². The number of anilines is 1. The van der Waals surface area contributed by atoms with Gasteiger partial charge < -0.3 is 19.1 Å². The second kappa shape index (κ2) is 12.2. The maximum atomic E-state index is 6.27. The molecule has 3 saturated heterocycles. The molecule has 2 atom stereocenters. The van der Waals surface area contributed by atoms with E-state index in [1.165, 1.54) is 41.6 Å². The number of hydrogen-bond acceptors (Lipinski definition) is 6. The third-order valence-corrected chi connectivity index (χ3v) is 8.87. The first-order chi connectivity index (χ1) is 18.0. The molecule has 2 unspecified atom stereocenters. The highest BCUT2D eigenvalue weighted by Crippen LogP contribution is 2.40. The topological polar surface area (TPSA) is 37.4 Å². The summed E-state index contributed by atoms with van der Waals surface area (Å²) in [5, 5.41) is 0.665. The number of fused-ring (bicyclic) bond motifs is 1. The van der Waals surface area contributed by atoms with Crippen LogP contribution in [0.5, 0.6) is 11.5 Å². The van der Waals surface area contributed by atoms with Crippen LogP contribution in [0.4, 0.5) is 5.69 Å². The number of nitrogens with zero attached hydrogens (tertiary/aromatic N) is 3. The first-order valence-electron chi connectivity index (χ1n) is 13.9. The van der Waals surface area contributed by atoms with Gasteiger partial charge in [-0.1, -0.05) is 17.7 Å². The van der Waals surface area contributed by atoms with Crippen LogP contribution >= 0.6 is 11.6 Å². The molecule has 2 aromatic carbocycles. The lowest BCUT2D eigenvalue weighted by Gasteiger charge is -2.49. The van der Waals surface area contributed by atoms with E-state index in [1.54, 1.807) is 7.11 Å². The third-order valence-electron chi connectivity index (χ3n) is 8.56. The Morgan fingerprint density at radius 2 is 1.81 bits per heavy atom. The van der Waals surface area contributed by atoms with Gasteiger partial charge in [0, 0.05) is 63.1 Å². The van der Waals surface area contributed by atoms with E-state index in [1.807, 2.05) is 6.07 Å². The second-order valence-corrected chi connectivity index (χ2v) is 11.1. The van der Waals surface area contributed by atoms with Gasteiger partial charge in [-0.3, -0.25) is 9.80 Å². The summed E-state index contributed by atoms with van der Waals surface area (Å²) in [6.07, 6.45) is 4.79. The molecule has 3 heterocycles. The predicted octanol–water partition coefficient (Wildman–Crippen LogP) is 5.48. The number of hydrogen-bond donors (Lipinski definition) is 0. The van der Waals surface area contributed by atoms with Crippen molar-refractivity contribution in [3.05, 3.63) is 52.0 Å². The van der Waals surface area contributed by atoms with Gasteiger partial charge in [-0.2, -0.15) is 0 Å². The Kier molecular flexibility index (Phi) is 8.81. The fraction of sp³-hybridized carbons (Fsp3) is 0.600. The van der Waals surface area contributed by atoms with E-state index in [9.17, 15) is 0 Å². The molecular weight excluding hydrogens is 486 g/mol. The van der Waals surface area contributed by atoms with E-state index in [4.69, 9.17) is 25.8 Å². The van der Waals surface area contributed by atoms with Crippen molar-refractivity contribution < 1.29 is 14.2 Å². The lowest BCUT2D eigenvalue weighted by molar-refractivity contribution is 0.0358. The first-order valence-corrected chi connectivity index (χ1v) is 14.3. The van der Waals surface area contributed by atoms with Crippen LogP contribution in [0, 0.1) is 13.8 Å². The summed E-state index contributed by atoms with van der Waals surface area (Å²) in [6.45, 7) is 13.3. The van der Waals surface area contributed by atoms with Crippen LogP contribution in [0.2, 0.25) is 5.02 Å². The van der Waals surface area contributed by atoms with Gasteiger partial charge in [0.25, 0.3) is 0 Å². The minimum atomic E-state index is 0.481. The van der Waals surface area contributed by atoms with Crippen LogP contribution in [0.3, 0.4) is 0 Å². The van der Waals surface area contributed by atoms with Crippen LogP contribution in [-0.4, -0.2) is 82.0 Å². The molecule has 37 heavy (non-hydrogen) atoms. The summed E-state index contributed by atoms with van der Waals surface area (Å²) in [5.41, 5.74) is 5.36. The van der Waals surface area contributed by atoms with E-state index in [0.717, 1.165) is 77.0 Å². The molecule has 0 aromatic heterocycles. The molecule has 0 bridgehead atoms. The zero-order valence-electron chi connectivity index (χ0n) is 22.7. The Bertz CT molecular complexity index is 1060. The van der Waals surface area contributed by atoms with Crippen molar-refractivity contribution in [1.29, 1.82) is 0 Å². The van der Waals surface area contributed by atoms with Crippen LogP contribution in [0.1, 0.15) is 48.4 Å². The fourth-order valence-electron chi connectivity index (χ4n) is 6.29. The molecule has 202 valence electrons. The number of methoxy groups -OCH3 is 1. The molecule has 6 nitrogen and oxygen atoms in total. The number of ether oxygens (including phenoxy) is 3. The molecule has 3 aliphatic rings. The summed E-state index contributed by atoms with van der Waals surface area (Å²) in [6, 6.07) is 11.7. The van der Waals surface area contributed by atoms with Gasteiger partial charge in [0.2, 0.25) is 0 Å². The average Bonchev–Trinajstić information content (AvgIpc) is 2.93. The van der Waals surface area contributed by atoms with Gasteiger partial charge in [-0.05, 0) is 74.4 Å². The molecular formula is C30H42ClN3O3. The fourth-order valence-corrected chi connectivity index (χ4v) is 6.49. The van der Waals surface area contributed by atoms with Gasteiger partial charge in [-0.25, -0.2) is 0 Å². The highest BCUT2D eigenvalue weighted by atomic mass is 35.5. The third kappa shape index (κ3) is 6.03. The Morgan fingerprint density at radius 3 is 2.62 bits per heavy atom. The Hall–Kier alpha value is -1.99. The van der Waals surface area contributed by atoms with Crippen LogP contribution in [0.15, 0.2) is 30.3 Å². The summed E-state index contributed by atoms with van der Waals surface area (Å²) in [5.74, 6) is 1.79. The number of piperazine rings is 1. The molecule has 0 saturated carbocycles. The average molecular weight is 528 g/mol. The molecule has 0 spiro atoms. The summed E-state index contributed by atoms with van der Waals surface area (Å²) in [4.78, 5) is 7.73. The van der Waals surface area contributed by atoms with Crippen molar-refractivity contribution in [2.75, 3.05) is 71.1 Å². The molecule has 3 aliphatic heterocycles. The molecule has 5 rings (SSSR count). The van der Waals surface area contributed by atoms with Crippen molar-refractivity contribution in [3.63, 3.8) is 0 Å². The molecule has 0 N–H and O–H groups in total. The standard InChI is InChI=1S/C30H42ClN3O3/c1-22-23(2)29(37-17-5-12-32-15-18-36-19-16-32)11-9-26(22)28-7-4-6-25-21-33(13-14-34(25)28)24-8-10-27(31)30(20-24)35-3/h8-11,20,25,28H,4-7,12-19,21H2,1-3H3. The van der Waals surface area contributed by atoms with Crippen molar-refractivity contribution in [2.24, 2.45) is 0 Å². The van der Waals surface area contributed by atoms with Crippen molar-refractivity contribution in [3.8, 4) is 11.5 Å². The second-order valence-electron chi connectivity index (χ2n) is 10.7. The van der Waals surface area contributed by atoms with Crippen molar-refractivity contribution >= 4 is 17.3 Å². The molecule has 2 aromatic rings. The van der Waals surface area contributed by atoms with Crippen LogP contribution < -0.4 is 14.4 Å². The maximum absolute atomic E-state index is 6.27. The van der Waals surface area contributed by atoms with Crippen molar-refractivity contribution in [2.45, 2.75) is 51.6 Å². The van der Waals surface area contributed by atoms with Gasteiger partial charge >= 0.3 is 0 Å². The first kappa shape index (κ1) is 26.6. The largest absolute Gasteiger partial charge is 0.495 e. The summed E-state index contributed by atoms with van der Waals surface area (Å²) in [7, 11) is 1.68. The van der Waals surface area contributed by atoms with E-state index < -0.39 is 0 Å². The minimum absolute atomic E-state index is 0.481. The normalized spacial score (nSPS) is 23.1.